The molecule has 0 aliphatic rings. The second-order valence-electron chi connectivity index (χ2n) is 4.49. The zero-order chi connectivity index (χ0) is 15.6. The molecule has 0 bridgehead atoms. The lowest BCUT2D eigenvalue weighted by atomic mass is 10.1. The number of halogens is 2. The first-order chi connectivity index (χ1) is 9.85. The van der Waals surface area contributed by atoms with Crippen LogP contribution in [0.3, 0.4) is 0 Å². The molecule has 0 saturated heterocycles. The molecule has 7 heteroatoms. The van der Waals surface area contributed by atoms with Gasteiger partial charge in [-0.05, 0) is 42.3 Å². The summed E-state index contributed by atoms with van der Waals surface area (Å²) in [4.78, 5) is -0.356. The van der Waals surface area contributed by atoms with E-state index in [9.17, 15) is 17.2 Å². The topological polar surface area (TPSA) is 72.2 Å². The van der Waals surface area contributed by atoms with Crippen molar-refractivity contribution in [2.24, 2.45) is 5.73 Å². The Balaban J connectivity index is 2.42. The number of nitrogens with one attached hydrogen (secondary N) is 1. The number of sulfonamides is 1. The Hall–Kier alpha value is -1.99. The molecule has 4 nitrogen and oxygen atoms in total. The number of nitrogens with two attached hydrogens (primary N) is 1. The van der Waals surface area contributed by atoms with Crippen molar-refractivity contribution in [1.82, 2.24) is 0 Å². The van der Waals surface area contributed by atoms with Crippen LogP contribution in [0.25, 0.3) is 0 Å². The number of anilines is 1. The fourth-order valence-electron chi connectivity index (χ4n) is 1.92. The molecule has 3 N–H and O–H groups in total. The van der Waals surface area contributed by atoms with E-state index < -0.39 is 21.7 Å². The maximum absolute atomic E-state index is 13.2. The Labute approximate surface area is 121 Å². The van der Waals surface area contributed by atoms with Gasteiger partial charge in [0, 0.05) is 6.54 Å². The molecule has 0 aromatic heterocycles. The largest absolute Gasteiger partial charge is 0.326 e. The van der Waals surface area contributed by atoms with Crippen molar-refractivity contribution in [1.29, 1.82) is 0 Å². The average Bonchev–Trinajstić information content (AvgIpc) is 2.41. The van der Waals surface area contributed by atoms with Crippen LogP contribution < -0.4 is 10.5 Å². The zero-order valence-corrected chi connectivity index (χ0v) is 12.0. The lowest BCUT2D eigenvalue weighted by Gasteiger charge is -2.13. The fraction of sp³-hybridized carbons (Fsp3) is 0.143. The second kappa shape index (κ2) is 5.79. The van der Waals surface area contributed by atoms with Gasteiger partial charge in [-0.1, -0.05) is 12.1 Å². The molecular formula is C14H14F2N2O2S. The highest BCUT2D eigenvalue weighted by Gasteiger charge is 2.18. The fourth-order valence-corrected chi connectivity index (χ4v) is 3.02. The highest BCUT2D eigenvalue weighted by Crippen LogP contribution is 2.23. The Morgan fingerprint density at radius 3 is 2.48 bits per heavy atom. The summed E-state index contributed by atoms with van der Waals surface area (Å²) in [5, 5.41) is 0. The van der Waals surface area contributed by atoms with E-state index in [4.69, 9.17) is 5.73 Å². The smallest absolute Gasteiger partial charge is 0.262 e. The third-order valence-corrected chi connectivity index (χ3v) is 4.42. The van der Waals surface area contributed by atoms with Crippen molar-refractivity contribution in [2.45, 2.75) is 18.4 Å². The predicted molar refractivity (Wildman–Crippen MR) is 76.2 cm³/mol. The molecule has 2 aromatic rings. The second-order valence-corrected chi connectivity index (χ2v) is 6.17. The molecule has 2 rings (SSSR count). The maximum atomic E-state index is 13.2. The van der Waals surface area contributed by atoms with Gasteiger partial charge in [0.25, 0.3) is 10.0 Å². The first kappa shape index (κ1) is 15.4. The Morgan fingerprint density at radius 1 is 1.14 bits per heavy atom. The van der Waals surface area contributed by atoms with Gasteiger partial charge in [-0.3, -0.25) is 4.72 Å². The van der Waals surface area contributed by atoms with Gasteiger partial charge in [-0.25, -0.2) is 17.2 Å². The molecule has 0 heterocycles. The molecule has 0 aliphatic heterocycles. The van der Waals surface area contributed by atoms with Crippen molar-refractivity contribution in [2.75, 3.05) is 4.72 Å². The third-order valence-electron chi connectivity index (χ3n) is 3.06. The molecule has 0 fully saturated rings. The van der Waals surface area contributed by atoms with Crippen LogP contribution in [-0.4, -0.2) is 8.42 Å². The van der Waals surface area contributed by atoms with Crippen LogP contribution in [0.1, 0.15) is 11.1 Å². The third kappa shape index (κ3) is 3.20. The van der Waals surface area contributed by atoms with Crippen molar-refractivity contribution in [3.8, 4) is 0 Å². The first-order valence-corrected chi connectivity index (χ1v) is 7.60. The van der Waals surface area contributed by atoms with E-state index in [1.54, 1.807) is 25.1 Å². The van der Waals surface area contributed by atoms with E-state index in [0.29, 0.717) is 17.3 Å². The first-order valence-electron chi connectivity index (χ1n) is 6.11. The van der Waals surface area contributed by atoms with Crippen LogP contribution in [0, 0.1) is 18.6 Å². The summed E-state index contributed by atoms with van der Waals surface area (Å²) in [6.07, 6.45) is 0. The molecule has 0 atom stereocenters. The van der Waals surface area contributed by atoms with Gasteiger partial charge in [-0.15, -0.1) is 0 Å². The quantitative estimate of drug-likeness (QED) is 0.911. The summed E-state index contributed by atoms with van der Waals surface area (Å²) < 4.78 is 52.8. The van der Waals surface area contributed by atoms with Gasteiger partial charge in [0.05, 0.1) is 10.6 Å². The monoisotopic (exact) mass is 312 g/mol. The molecule has 0 spiro atoms. The molecular weight excluding hydrogens is 298 g/mol. The van der Waals surface area contributed by atoms with Gasteiger partial charge in [0.2, 0.25) is 0 Å². The van der Waals surface area contributed by atoms with Gasteiger partial charge in [-0.2, -0.15) is 0 Å². The van der Waals surface area contributed by atoms with Crippen molar-refractivity contribution < 1.29 is 17.2 Å². The summed E-state index contributed by atoms with van der Waals surface area (Å²) >= 11 is 0. The molecule has 21 heavy (non-hydrogen) atoms. The van der Waals surface area contributed by atoms with Crippen LogP contribution in [-0.2, 0) is 16.6 Å². The zero-order valence-electron chi connectivity index (χ0n) is 11.2. The van der Waals surface area contributed by atoms with Crippen LogP contribution in [0.2, 0.25) is 0 Å². The Kier molecular flexibility index (Phi) is 4.24. The molecule has 0 radical (unpaired) electrons. The minimum absolute atomic E-state index is 0.155. The minimum Gasteiger partial charge on any atom is -0.326 e. The van der Waals surface area contributed by atoms with Crippen LogP contribution in [0.4, 0.5) is 14.5 Å². The Bertz CT molecular complexity index is 777. The Morgan fingerprint density at radius 2 is 1.86 bits per heavy atom. The molecule has 0 amide bonds. The van der Waals surface area contributed by atoms with E-state index in [-0.39, 0.29) is 11.4 Å². The van der Waals surface area contributed by atoms with Gasteiger partial charge in [0.1, 0.15) is 0 Å². The van der Waals surface area contributed by atoms with Crippen molar-refractivity contribution in [3.05, 3.63) is 59.2 Å². The average molecular weight is 312 g/mol. The molecule has 112 valence electrons. The highest BCUT2D eigenvalue weighted by molar-refractivity contribution is 7.92. The SMILES string of the molecule is Cc1cccc(NS(=O)(=O)c2ccc(F)c(F)c2)c1CN. The van der Waals surface area contributed by atoms with Crippen LogP contribution in [0.15, 0.2) is 41.3 Å². The lowest BCUT2D eigenvalue weighted by molar-refractivity contribution is 0.504. The van der Waals surface area contributed by atoms with Crippen LogP contribution in [0.5, 0.6) is 0 Å². The van der Waals surface area contributed by atoms with E-state index in [1.165, 1.54) is 0 Å². The number of hydrogen-bond acceptors (Lipinski definition) is 3. The van der Waals surface area contributed by atoms with Crippen molar-refractivity contribution in [3.63, 3.8) is 0 Å². The summed E-state index contributed by atoms with van der Waals surface area (Å²) in [6.45, 7) is 1.96. The minimum atomic E-state index is -4.01. The standard InChI is InChI=1S/C14H14F2N2O2S/c1-9-3-2-4-14(11(9)8-17)18-21(19,20)10-5-6-12(15)13(16)7-10/h2-7,18H,8,17H2,1H3. The summed E-state index contributed by atoms with van der Waals surface area (Å²) in [5.74, 6) is -2.33. The highest BCUT2D eigenvalue weighted by atomic mass is 32.2. The van der Waals surface area contributed by atoms with Gasteiger partial charge in [0.15, 0.2) is 11.6 Å². The predicted octanol–water partition coefficient (Wildman–Crippen LogP) is 2.53. The molecule has 0 aliphatic carbocycles. The van der Waals surface area contributed by atoms with E-state index >= 15 is 0 Å². The summed E-state index contributed by atoms with van der Waals surface area (Å²) in [7, 11) is -4.01. The number of hydrogen-bond donors (Lipinski definition) is 2. The summed E-state index contributed by atoms with van der Waals surface area (Å²) in [5.41, 5.74) is 7.41. The van der Waals surface area contributed by atoms with Gasteiger partial charge >= 0.3 is 0 Å². The number of aryl methyl sites for hydroxylation is 1. The van der Waals surface area contributed by atoms with Crippen LogP contribution >= 0.6 is 0 Å². The maximum Gasteiger partial charge on any atom is 0.262 e. The number of benzene rings is 2. The van der Waals surface area contributed by atoms with E-state index in [0.717, 1.165) is 17.7 Å². The normalized spacial score (nSPS) is 11.4. The van der Waals surface area contributed by atoms with E-state index in [2.05, 4.69) is 4.72 Å². The number of rotatable bonds is 4. The molecule has 0 saturated carbocycles. The summed E-state index contributed by atoms with van der Waals surface area (Å²) in [6, 6.07) is 7.44. The lowest BCUT2D eigenvalue weighted by Crippen LogP contribution is -2.16. The van der Waals surface area contributed by atoms with Gasteiger partial charge < -0.3 is 5.73 Å². The van der Waals surface area contributed by atoms with E-state index in [1.807, 2.05) is 0 Å². The molecule has 0 unspecified atom stereocenters. The molecule has 2 aromatic carbocycles. The van der Waals surface area contributed by atoms with Crippen molar-refractivity contribution >= 4 is 15.7 Å².